The molecule has 0 aromatic heterocycles. The number of carbonyl (C=O) groups is 1. The second kappa shape index (κ2) is 6.05. The van der Waals surface area contributed by atoms with Crippen LogP contribution in [-0.2, 0) is 6.18 Å². The minimum atomic E-state index is -4.82. The van der Waals surface area contributed by atoms with E-state index in [-0.39, 0.29) is 0 Å². The summed E-state index contributed by atoms with van der Waals surface area (Å²) in [6.45, 7) is 1.82. The third-order valence-corrected chi connectivity index (χ3v) is 2.83. The highest BCUT2D eigenvalue weighted by Gasteiger charge is 2.35. The van der Waals surface area contributed by atoms with E-state index in [9.17, 15) is 22.4 Å². The van der Waals surface area contributed by atoms with E-state index in [1.165, 1.54) is 0 Å². The lowest BCUT2D eigenvalue weighted by Gasteiger charge is -2.12. The number of nitrogens with one attached hydrogen (secondary N) is 2. The lowest BCUT2D eigenvalue weighted by molar-refractivity contribution is -0.139. The normalized spacial score (nSPS) is 11.1. The third kappa shape index (κ3) is 3.75. The minimum absolute atomic E-state index is 0.449. The molecule has 0 unspecified atom stereocenters. The van der Waals surface area contributed by atoms with E-state index in [0.717, 1.165) is 17.7 Å². The zero-order valence-electron chi connectivity index (χ0n) is 11.5. The Morgan fingerprint density at radius 3 is 2.36 bits per heavy atom. The minimum Gasteiger partial charge on any atom is -0.308 e. The standard InChI is InChI=1S/C15H12F4N2O/c1-9-4-2-5-10(8-9)20-14(22)21-12-7-3-6-11(13(12)16)15(17,18)19/h2-8H,1H3,(H2,20,21,22). The molecule has 2 rings (SSSR count). The molecule has 3 nitrogen and oxygen atoms in total. The SMILES string of the molecule is Cc1cccc(NC(=O)Nc2cccc(C(F)(F)F)c2F)c1. The smallest absolute Gasteiger partial charge is 0.308 e. The molecule has 0 spiro atoms. The number of hydrogen-bond donors (Lipinski definition) is 2. The van der Waals surface area contributed by atoms with Gasteiger partial charge in [-0.2, -0.15) is 13.2 Å². The molecule has 0 bridgehead atoms. The second-order valence-electron chi connectivity index (χ2n) is 4.61. The maximum Gasteiger partial charge on any atom is 0.419 e. The molecule has 0 atom stereocenters. The van der Waals surface area contributed by atoms with Gasteiger partial charge in [-0.3, -0.25) is 0 Å². The van der Waals surface area contributed by atoms with Gasteiger partial charge in [0.2, 0.25) is 0 Å². The van der Waals surface area contributed by atoms with E-state index in [2.05, 4.69) is 10.6 Å². The van der Waals surface area contributed by atoms with Crippen molar-refractivity contribution in [3.63, 3.8) is 0 Å². The van der Waals surface area contributed by atoms with Crippen molar-refractivity contribution in [1.29, 1.82) is 0 Å². The fourth-order valence-corrected chi connectivity index (χ4v) is 1.85. The Hall–Kier alpha value is -2.57. The van der Waals surface area contributed by atoms with Crippen LogP contribution in [0.4, 0.5) is 33.7 Å². The Bertz CT molecular complexity index is 698. The van der Waals surface area contributed by atoms with Gasteiger partial charge >= 0.3 is 12.2 Å². The molecule has 22 heavy (non-hydrogen) atoms. The zero-order chi connectivity index (χ0) is 16.3. The Balaban J connectivity index is 2.15. The largest absolute Gasteiger partial charge is 0.419 e. The number of rotatable bonds is 2. The van der Waals surface area contributed by atoms with Crippen molar-refractivity contribution in [2.45, 2.75) is 13.1 Å². The summed E-state index contributed by atoms with van der Waals surface area (Å²) in [5.41, 5.74) is -0.631. The number of anilines is 2. The number of aryl methyl sites for hydroxylation is 1. The van der Waals surface area contributed by atoms with E-state index < -0.39 is 29.3 Å². The first-order valence-corrected chi connectivity index (χ1v) is 6.28. The summed E-state index contributed by atoms with van der Waals surface area (Å²) in [6, 6.07) is 8.65. The first-order valence-electron chi connectivity index (χ1n) is 6.28. The lowest BCUT2D eigenvalue weighted by Crippen LogP contribution is -2.21. The van der Waals surface area contributed by atoms with Crippen LogP contribution in [0.3, 0.4) is 0 Å². The highest BCUT2D eigenvalue weighted by atomic mass is 19.4. The number of carbonyl (C=O) groups excluding carboxylic acids is 1. The highest BCUT2D eigenvalue weighted by molar-refractivity contribution is 5.99. The predicted octanol–water partition coefficient (Wildman–Crippen LogP) is 4.80. The fourth-order valence-electron chi connectivity index (χ4n) is 1.85. The Labute approximate surface area is 124 Å². The molecule has 0 aliphatic carbocycles. The first-order chi connectivity index (χ1) is 10.3. The van der Waals surface area contributed by atoms with Gasteiger partial charge in [-0.1, -0.05) is 18.2 Å². The number of benzene rings is 2. The van der Waals surface area contributed by atoms with Gasteiger partial charge in [0.25, 0.3) is 0 Å². The number of urea groups is 1. The fraction of sp³-hybridized carbons (Fsp3) is 0.133. The average molecular weight is 312 g/mol. The van der Waals surface area contributed by atoms with E-state index in [1.807, 2.05) is 13.0 Å². The summed E-state index contributed by atoms with van der Waals surface area (Å²) in [6.07, 6.45) is -4.82. The molecule has 7 heteroatoms. The van der Waals surface area contributed by atoms with Crippen molar-refractivity contribution in [1.82, 2.24) is 0 Å². The van der Waals surface area contributed by atoms with E-state index in [1.54, 1.807) is 18.2 Å². The molecule has 0 heterocycles. The topological polar surface area (TPSA) is 41.1 Å². The second-order valence-corrected chi connectivity index (χ2v) is 4.61. The van der Waals surface area contributed by atoms with Crippen molar-refractivity contribution in [3.8, 4) is 0 Å². The van der Waals surface area contributed by atoms with Crippen molar-refractivity contribution in [2.75, 3.05) is 10.6 Å². The maximum atomic E-state index is 13.8. The number of halogens is 4. The van der Waals surface area contributed by atoms with Gasteiger partial charge in [0.15, 0.2) is 5.82 Å². The van der Waals surface area contributed by atoms with Crippen LogP contribution in [0.15, 0.2) is 42.5 Å². The summed E-state index contributed by atoms with van der Waals surface area (Å²) in [7, 11) is 0. The zero-order valence-corrected chi connectivity index (χ0v) is 11.5. The number of hydrogen-bond acceptors (Lipinski definition) is 1. The van der Waals surface area contributed by atoms with Crippen molar-refractivity contribution in [2.24, 2.45) is 0 Å². The van der Waals surface area contributed by atoms with Gasteiger partial charge in [-0.05, 0) is 36.8 Å². The van der Waals surface area contributed by atoms with E-state index >= 15 is 0 Å². The van der Waals surface area contributed by atoms with E-state index in [0.29, 0.717) is 11.8 Å². The molecule has 116 valence electrons. The molecule has 0 radical (unpaired) electrons. The Kier molecular flexibility index (Phi) is 4.35. The van der Waals surface area contributed by atoms with E-state index in [4.69, 9.17) is 0 Å². The molecule has 0 saturated carbocycles. The summed E-state index contributed by atoms with van der Waals surface area (Å²) >= 11 is 0. The Morgan fingerprint density at radius 1 is 1.05 bits per heavy atom. The monoisotopic (exact) mass is 312 g/mol. The van der Waals surface area contributed by atoms with Crippen molar-refractivity contribution >= 4 is 17.4 Å². The molecule has 0 fully saturated rings. The molecule has 2 aromatic carbocycles. The molecule has 0 saturated heterocycles. The Morgan fingerprint density at radius 2 is 1.73 bits per heavy atom. The maximum absolute atomic E-state index is 13.8. The summed E-state index contributed by atoms with van der Waals surface area (Å²) < 4.78 is 51.5. The van der Waals surface area contributed by atoms with Crippen LogP contribution in [0.25, 0.3) is 0 Å². The highest BCUT2D eigenvalue weighted by Crippen LogP contribution is 2.33. The van der Waals surface area contributed by atoms with Crippen LogP contribution in [0.5, 0.6) is 0 Å². The van der Waals surface area contributed by atoms with Crippen molar-refractivity contribution in [3.05, 3.63) is 59.4 Å². The predicted molar refractivity (Wildman–Crippen MR) is 75.2 cm³/mol. The summed E-state index contributed by atoms with van der Waals surface area (Å²) in [5, 5.41) is 4.48. The van der Waals surface area contributed by atoms with Gasteiger partial charge < -0.3 is 10.6 Å². The molecule has 0 aliphatic rings. The van der Waals surface area contributed by atoms with Crippen molar-refractivity contribution < 1.29 is 22.4 Å². The molecule has 2 amide bonds. The van der Waals surface area contributed by atoms with Gasteiger partial charge in [-0.15, -0.1) is 0 Å². The molecule has 0 aliphatic heterocycles. The van der Waals surface area contributed by atoms with Crippen LogP contribution in [0, 0.1) is 12.7 Å². The number of alkyl halides is 3. The summed E-state index contributed by atoms with van der Waals surface area (Å²) in [5.74, 6) is -1.52. The van der Waals surface area contributed by atoms with Gasteiger partial charge in [-0.25, -0.2) is 9.18 Å². The lowest BCUT2D eigenvalue weighted by atomic mass is 10.2. The first kappa shape index (κ1) is 15.8. The quantitative estimate of drug-likeness (QED) is 0.769. The van der Waals surface area contributed by atoms with Crippen LogP contribution < -0.4 is 10.6 Å². The average Bonchev–Trinajstić information content (AvgIpc) is 2.39. The molecule has 2 aromatic rings. The third-order valence-electron chi connectivity index (χ3n) is 2.83. The molecular formula is C15H12F4N2O. The summed E-state index contributed by atoms with van der Waals surface area (Å²) in [4.78, 5) is 11.7. The van der Waals surface area contributed by atoms with Crippen LogP contribution >= 0.6 is 0 Å². The van der Waals surface area contributed by atoms with Gasteiger partial charge in [0, 0.05) is 5.69 Å². The van der Waals surface area contributed by atoms with Gasteiger partial charge in [0.1, 0.15) is 0 Å². The number of amides is 2. The molecule has 2 N–H and O–H groups in total. The van der Waals surface area contributed by atoms with Gasteiger partial charge in [0.05, 0.1) is 11.3 Å². The van der Waals surface area contributed by atoms with Crippen LogP contribution in [-0.4, -0.2) is 6.03 Å². The van der Waals surface area contributed by atoms with Crippen LogP contribution in [0.2, 0.25) is 0 Å². The van der Waals surface area contributed by atoms with Crippen LogP contribution in [0.1, 0.15) is 11.1 Å². The molecular weight excluding hydrogens is 300 g/mol.